The highest BCUT2D eigenvalue weighted by molar-refractivity contribution is 5.94. The number of amides is 1. The summed E-state index contributed by atoms with van der Waals surface area (Å²) in [5, 5.41) is 3.01. The Labute approximate surface area is 115 Å². The van der Waals surface area contributed by atoms with Crippen molar-refractivity contribution in [1.82, 2.24) is 5.32 Å². The van der Waals surface area contributed by atoms with Crippen molar-refractivity contribution in [3.05, 3.63) is 29.8 Å². The van der Waals surface area contributed by atoms with E-state index in [2.05, 4.69) is 5.32 Å². The Morgan fingerprint density at radius 1 is 1.37 bits per heavy atom. The summed E-state index contributed by atoms with van der Waals surface area (Å²) in [6.07, 6.45) is 0. The third-order valence-corrected chi connectivity index (χ3v) is 3.52. The van der Waals surface area contributed by atoms with Gasteiger partial charge in [-0.1, -0.05) is 13.8 Å². The number of nitrogens with one attached hydrogen (secondary N) is 1. The summed E-state index contributed by atoms with van der Waals surface area (Å²) in [4.78, 5) is 12.2. The molecule has 1 rings (SSSR count). The van der Waals surface area contributed by atoms with Crippen LogP contribution in [0.3, 0.4) is 0 Å². The molecule has 0 heterocycles. The molecule has 1 aromatic rings. The molecule has 0 saturated heterocycles. The normalized spacial score (nSPS) is 14.0. The molecule has 1 atom stereocenters. The Balaban J connectivity index is 2.77. The summed E-state index contributed by atoms with van der Waals surface area (Å²) in [5.41, 5.74) is 5.98. The molecule has 0 aromatic heterocycles. The van der Waals surface area contributed by atoms with E-state index in [0.29, 0.717) is 18.7 Å². The van der Waals surface area contributed by atoms with Gasteiger partial charge in [0.05, 0.1) is 12.1 Å². The second-order valence-corrected chi connectivity index (χ2v) is 5.19. The van der Waals surface area contributed by atoms with E-state index in [1.54, 1.807) is 24.3 Å². The van der Waals surface area contributed by atoms with Crippen molar-refractivity contribution in [1.29, 1.82) is 0 Å². The number of rotatable bonds is 6. The molecule has 0 radical (unpaired) electrons. The summed E-state index contributed by atoms with van der Waals surface area (Å²) >= 11 is 0. The lowest BCUT2D eigenvalue weighted by atomic mass is 9.88. The van der Waals surface area contributed by atoms with Crippen molar-refractivity contribution in [2.24, 2.45) is 11.7 Å². The highest BCUT2D eigenvalue weighted by Gasteiger charge is 2.28. The molecule has 0 bridgehead atoms. The van der Waals surface area contributed by atoms with Crippen LogP contribution in [0.2, 0.25) is 0 Å². The van der Waals surface area contributed by atoms with Crippen LogP contribution in [0.1, 0.15) is 38.1 Å². The summed E-state index contributed by atoms with van der Waals surface area (Å²) < 4.78 is 5.35. The molecule has 106 valence electrons. The number of carbonyl (C=O) groups excluding carboxylic acids is 1. The van der Waals surface area contributed by atoms with Gasteiger partial charge in [0, 0.05) is 12.1 Å². The summed E-state index contributed by atoms with van der Waals surface area (Å²) in [6.45, 7) is 9.01. The van der Waals surface area contributed by atoms with Gasteiger partial charge in [0.2, 0.25) is 0 Å². The van der Waals surface area contributed by atoms with Gasteiger partial charge in [-0.05, 0) is 44.0 Å². The van der Waals surface area contributed by atoms with Crippen LogP contribution in [-0.2, 0) is 0 Å². The van der Waals surface area contributed by atoms with E-state index in [-0.39, 0.29) is 11.8 Å². The zero-order valence-electron chi connectivity index (χ0n) is 12.2. The lowest BCUT2D eigenvalue weighted by Crippen LogP contribution is -2.55. The topological polar surface area (TPSA) is 64.3 Å². The predicted molar refractivity (Wildman–Crippen MR) is 77.4 cm³/mol. The predicted octanol–water partition coefficient (Wildman–Crippen LogP) is 2.19. The summed E-state index contributed by atoms with van der Waals surface area (Å²) in [7, 11) is 0. The van der Waals surface area contributed by atoms with Crippen molar-refractivity contribution in [3.8, 4) is 5.75 Å². The molecule has 0 aliphatic rings. The first-order valence-corrected chi connectivity index (χ1v) is 6.68. The average molecular weight is 264 g/mol. The van der Waals surface area contributed by atoms with Gasteiger partial charge in [0.25, 0.3) is 5.91 Å². The fourth-order valence-electron chi connectivity index (χ4n) is 1.63. The van der Waals surface area contributed by atoms with Crippen LogP contribution in [0.4, 0.5) is 0 Å². The lowest BCUT2D eigenvalue weighted by Gasteiger charge is -2.33. The van der Waals surface area contributed by atoms with E-state index >= 15 is 0 Å². The summed E-state index contributed by atoms with van der Waals surface area (Å²) in [6, 6.07) is 7.12. The molecule has 0 fully saturated rings. The highest BCUT2D eigenvalue weighted by atomic mass is 16.5. The molecule has 4 nitrogen and oxygen atoms in total. The minimum atomic E-state index is -0.393. The first-order chi connectivity index (χ1) is 8.92. The molecular weight excluding hydrogens is 240 g/mol. The van der Waals surface area contributed by atoms with Crippen LogP contribution in [0.5, 0.6) is 5.75 Å². The molecular formula is C15H24N2O2. The number of hydrogen-bond donors (Lipinski definition) is 2. The van der Waals surface area contributed by atoms with E-state index < -0.39 is 5.54 Å². The van der Waals surface area contributed by atoms with Crippen molar-refractivity contribution >= 4 is 5.91 Å². The van der Waals surface area contributed by atoms with E-state index in [4.69, 9.17) is 10.5 Å². The van der Waals surface area contributed by atoms with Crippen LogP contribution in [-0.4, -0.2) is 24.6 Å². The number of benzene rings is 1. The first-order valence-electron chi connectivity index (χ1n) is 6.68. The van der Waals surface area contributed by atoms with Gasteiger partial charge in [-0.3, -0.25) is 4.79 Å². The molecule has 0 aliphatic heterocycles. The Bertz CT molecular complexity index is 415. The maximum absolute atomic E-state index is 12.2. The van der Waals surface area contributed by atoms with E-state index in [0.717, 1.165) is 5.75 Å². The second-order valence-electron chi connectivity index (χ2n) is 5.19. The largest absolute Gasteiger partial charge is 0.494 e. The minimum Gasteiger partial charge on any atom is -0.494 e. The zero-order valence-corrected chi connectivity index (χ0v) is 12.2. The van der Waals surface area contributed by atoms with Crippen molar-refractivity contribution < 1.29 is 9.53 Å². The fraction of sp³-hybridized carbons (Fsp3) is 0.533. The van der Waals surface area contributed by atoms with E-state index in [9.17, 15) is 4.79 Å². The molecule has 1 amide bonds. The van der Waals surface area contributed by atoms with Crippen LogP contribution in [0.15, 0.2) is 24.3 Å². The number of carbonyl (C=O) groups is 1. The van der Waals surface area contributed by atoms with Gasteiger partial charge >= 0.3 is 0 Å². The third-order valence-electron chi connectivity index (χ3n) is 3.52. The maximum Gasteiger partial charge on any atom is 0.251 e. The van der Waals surface area contributed by atoms with Gasteiger partial charge in [0.1, 0.15) is 5.75 Å². The van der Waals surface area contributed by atoms with E-state index in [1.165, 1.54) is 0 Å². The average Bonchev–Trinajstić information content (AvgIpc) is 2.39. The standard InChI is InChI=1S/C15H24N2O2/c1-5-19-13-8-6-12(7-9-13)14(18)17-15(4,10-16)11(2)3/h6-9,11H,5,10,16H2,1-4H3,(H,17,18). The Kier molecular flexibility index (Phi) is 5.36. The molecule has 3 N–H and O–H groups in total. The third kappa shape index (κ3) is 3.96. The smallest absolute Gasteiger partial charge is 0.251 e. The van der Waals surface area contributed by atoms with Crippen molar-refractivity contribution in [3.63, 3.8) is 0 Å². The summed E-state index contributed by atoms with van der Waals surface area (Å²) in [5.74, 6) is 0.929. The Morgan fingerprint density at radius 3 is 2.37 bits per heavy atom. The van der Waals surface area contributed by atoms with Crippen LogP contribution < -0.4 is 15.8 Å². The first kappa shape index (κ1) is 15.5. The SMILES string of the molecule is CCOc1ccc(C(=O)NC(C)(CN)C(C)C)cc1. The second kappa shape index (κ2) is 6.57. The van der Waals surface area contributed by atoms with Crippen LogP contribution >= 0.6 is 0 Å². The molecule has 1 unspecified atom stereocenters. The van der Waals surface area contributed by atoms with E-state index in [1.807, 2.05) is 27.7 Å². The van der Waals surface area contributed by atoms with Crippen LogP contribution in [0.25, 0.3) is 0 Å². The van der Waals surface area contributed by atoms with Crippen molar-refractivity contribution in [2.75, 3.05) is 13.2 Å². The Hall–Kier alpha value is -1.55. The highest BCUT2D eigenvalue weighted by Crippen LogP contribution is 2.17. The quantitative estimate of drug-likeness (QED) is 0.827. The van der Waals surface area contributed by atoms with Crippen LogP contribution in [0, 0.1) is 5.92 Å². The minimum absolute atomic E-state index is 0.107. The molecule has 0 spiro atoms. The molecule has 0 saturated carbocycles. The number of hydrogen-bond acceptors (Lipinski definition) is 3. The number of nitrogens with two attached hydrogens (primary N) is 1. The molecule has 4 heteroatoms. The zero-order chi connectivity index (χ0) is 14.5. The van der Waals surface area contributed by atoms with Gasteiger partial charge in [-0.25, -0.2) is 0 Å². The monoisotopic (exact) mass is 264 g/mol. The van der Waals surface area contributed by atoms with Gasteiger partial charge in [0.15, 0.2) is 0 Å². The Morgan fingerprint density at radius 2 is 1.95 bits per heavy atom. The van der Waals surface area contributed by atoms with Gasteiger partial charge in [-0.2, -0.15) is 0 Å². The van der Waals surface area contributed by atoms with Gasteiger partial charge < -0.3 is 15.8 Å². The van der Waals surface area contributed by atoms with Crippen molar-refractivity contribution in [2.45, 2.75) is 33.2 Å². The van der Waals surface area contributed by atoms with Gasteiger partial charge in [-0.15, -0.1) is 0 Å². The molecule has 1 aromatic carbocycles. The molecule has 19 heavy (non-hydrogen) atoms. The molecule has 0 aliphatic carbocycles. The fourth-order valence-corrected chi connectivity index (χ4v) is 1.63. The lowest BCUT2D eigenvalue weighted by molar-refractivity contribution is 0.0883. The number of ether oxygens (including phenoxy) is 1. The maximum atomic E-state index is 12.2.